The number of rotatable bonds is 1. The zero-order valence-electron chi connectivity index (χ0n) is 9.53. The summed E-state index contributed by atoms with van der Waals surface area (Å²) in [6.07, 6.45) is 2.98. The summed E-state index contributed by atoms with van der Waals surface area (Å²) >= 11 is 0. The molecule has 2 rings (SSSR count). The molecule has 3 N–H and O–H groups in total. The van der Waals surface area contributed by atoms with Gasteiger partial charge in [-0.2, -0.15) is 0 Å². The molecule has 3 nitrogen and oxygen atoms in total. The molecule has 0 amide bonds. The van der Waals surface area contributed by atoms with E-state index in [2.05, 4.69) is 31.1 Å². The molecule has 0 radical (unpaired) electrons. The molecule has 0 aromatic carbocycles. The third-order valence-corrected chi connectivity index (χ3v) is 4.26. The minimum absolute atomic E-state index is 0.385. The molecule has 0 spiro atoms. The number of nitrogens with one attached hydrogen (secondary N) is 1. The Labute approximate surface area is 87.0 Å². The summed E-state index contributed by atoms with van der Waals surface area (Å²) in [5.41, 5.74) is 6.32. The highest BCUT2D eigenvalue weighted by Gasteiger charge is 2.44. The fourth-order valence-corrected chi connectivity index (χ4v) is 3.15. The van der Waals surface area contributed by atoms with Crippen molar-refractivity contribution in [3.8, 4) is 0 Å². The van der Waals surface area contributed by atoms with Gasteiger partial charge < -0.3 is 5.73 Å². The fourth-order valence-electron chi connectivity index (χ4n) is 3.15. The molecule has 0 saturated carbocycles. The average Bonchev–Trinajstić information content (AvgIpc) is 2.54. The largest absolute Gasteiger partial charge is 0.327 e. The molecule has 5 atom stereocenters. The molecule has 82 valence electrons. The maximum atomic E-state index is 6.32. The molecular formula is C11H23N3. The van der Waals surface area contributed by atoms with Gasteiger partial charge in [-0.25, -0.2) is 0 Å². The zero-order chi connectivity index (χ0) is 10.3. The third kappa shape index (κ3) is 1.47. The second kappa shape index (κ2) is 3.80. The monoisotopic (exact) mass is 197 g/mol. The van der Waals surface area contributed by atoms with Gasteiger partial charge in [-0.3, -0.25) is 10.2 Å². The van der Waals surface area contributed by atoms with E-state index >= 15 is 0 Å². The van der Waals surface area contributed by atoms with Gasteiger partial charge in [0, 0.05) is 18.0 Å². The first kappa shape index (κ1) is 10.4. The van der Waals surface area contributed by atoms with Crippen LogP contribution in [-0.2, 0) is 0 Å². The van der Waals surface area contributed by atoms with E-state index in [9.17, 15) is 0 Å². The lowest BCUT2D eigenvalue weighted by Crippen LogP contribution is -2.62. The summed E-state index contributed by atoms with van der Waals surface area (Å²) < 4.78 is 0. The van der Waals surface area contributed by atoms with Crippen LogP contribution in [0, 0.1) is 11.8 Å². The highest BCUT2D eigenvalue weighted by atomic mass is 15.3. The maximum Gasteiger partial charge on any atom is 0.0641 e. The molecular weight excluding hydrogens is 174 g/mol. The minimum Gasteiger partial charge on any atom is -0.327 e. The molecule has 2 heterocycles. The second-order valence-corrected chi connectivity index (χ2v) is 5.00. The van der Waals surface area contributed by atoms with Gasteiger partial charge in [0.1, 0.15) is 0 Å². The molecule has 2 aliphatic heterocycles. The Bertz CT molecular complexity index is 207. The predicted molar refractivity (Wildman–Crippen MR) is 58.9 cm³/mol. The summed E-state index contributed by atoms with van der Waals surface area (Å²) in [7, 11) is 2.20. The molecule has 0 bridgehead atoms. The molecule has 2 aliphatic rings. The van der Waals surface area contributed by atoms with Crippen LogP contribution in [0.4, 0.5) is 0 Å². The molecule has 14 heavy (non-hydrogen) atoms. The summed E-state index contributed by atoms with van der Waals surface area (Å²) in [4.78, 5) is 2.42. The van der Waals surface area contributed by atoms with Gasteiger partial charge in [0.05, 0.1) is 6.17 Å². The summed E-state index contributed by atoms with van der Waals surface area (Å²) in [6, 6.07) is 0.989. The third-order valence-electron chi connectivity index (χ3n) is 4.26. The Kier molecular flexibility index (Phi) is 2.82. The van der Waals surface area contributed by atoms with Crippen LogP contribution in [0.1, 0.15) is 26.7 Å². The van der Waals surface area contributed by atoms with Crippen LogP contribution in [0.2, 0.25) is 0 Å². The number of piperidine rings is 1. The number of hydrogen-bond donors (Lipinski definition) is 2. The lowest BCUT2D eigenvalue weighted by atomic mass is 9.78. The number of likely N-dealkylation sites (tertiary alicyclic amines) is 1. The van der Waals surface area contributed by atoms with Crippen molar-refractivity contribution in [3.05, 3.63) is 0 Å². The maximum absolute atomic E-state index is 6.32. The fraction of sp³-hybridized carbons (Fsp3) is 1.00. The molecule has 5 unspecified atom stereocenters. The van der Waals surface area contributed by atoms with Crippen LogP contribution in [0.5, 0.6) is 0 Å². The Balaban J connectivity index is 2.12. The van der Waals surface area contributed by atoms with Gasteiger partial charge in [0.25, 0.3) is 0 Å². The molecule has 3 heteroatoms. The van der Waals surface area contributed by atoms with Crippen LogP contribution in [-0.4, -0.2) is 36.7 Å². The van der Waals surface area contributed by atoms with E-state index in [1.54, 1.807) is 0 Å². The smallest absolute Gasteiger partial charge is 0.0641 e. The number of nitrogens with two attached hydrogens (primary N) is 1. The van der Waals surface area contributed by atoms with E-state index in [1.165, 1.54) is 19.4 Å². The van der Waals surface area contributed by atoms with Crippen molar-refractivity contribution in [2.24, 2.45) is 17.6 Å². The lowest BCUT2D eigenvalue weighted by Gasteiger charge is -2.44. The highest BCUT2D eigenvalue weighted by Crippen LogP contribution is 2.33. The zero-order valence-corrected chi connectivity index (χ0v) is 9.53. The van der Waals surface area contributed by atoms with Crippen molar-refractivity contribution < 1.29 is 0 Å². The van der Waals surface area contributed by atoms with Crippen LogP contribution >= 0.6 is 0 Å². The van der Waals surface area contributed by atoms with E-state index in [-0.39, 0.29) is 0 Å². The van der Waals surface area contributed by atoms with Crippen molar-refractivity contribution in [1.82, 2.24) is 10.2 Å². The van der Waals surface area contributed by atoms with Crippen LogP contribution in [0.15, 0.2) is 0 Å². The minimum atomic E-state index is 0.385. The first-order chi connectivity index (χ1) is 6.65. The summed E-state index contributed by atoms with van der Waals surface area (Å²) in [5.74, 6) is 1.28. The SMILES string of the molecule is CCC1NC2C(CCN2C)C(N)C1C. The van der Waals surface area contributed by atoms with Crippen LogP contribution in [0.3, 0.4) is 0 Å². The van der Waals surface area contributed by atoms with E-state index in [0.717, 1.165) is 0 Å². The van der Waals surface area contributed by atoms with Crippen molar-refractivity contribution in [3.63, 3.8) is 0 Å². The Morgan fingerprint density at radius 1 is 1.50 bits per heavy atom. The first-order valence-corrected chi connectivity index (χ1v) is 5.87. The molecule has 0 aromatic heterocycles. The molecule has 0 aliphatic carbocycles. The van der Waals surface area contributed by atoms with Crippen molar-refractivity contribution in [2.45, 2.75) is 44.9 Å². The quantitative estimate of drug-likeness (QED) is 0.647. The van der Waals surface area contributed by atoms with Crippen LogP contribution in [0.25, 0.3) is 0 Å². The average molecular weight is 197 g/mol. The highest BCUT2D eigenvalue weighted by molar-refractivity contribution is 5.00. The number of fused-ring (bicyclic) bond motifs is 1. The Morgan fingerprint density at radius 3 is 2.86 bits per heavy atom. The number of hydrogen-bond acceptors (Lipinski definition) is 3. The van der Waals surface area contributed by atoms with E-state index < -0.39 is 0 Å². The van der Waals surface area contributed by atoms with Gasteiger partial charge in [-0.05, 0) is 32.4 Å². The van der Waals surface area contributed by atoms with Gasteiger partial charge >= 0.3 is 0 Å². The molecule has 0 aromatic rings. The first-order valence-electron chi connectivity index (χ1n) is 5.87. The standard InChI is InChI=1S/C11H23N3/c1-4-9-7(2)10(12)8-5-6-14(3)11(8)13-9/h7-11,13H,4-6,12H2,1-3H3. The lowest BCUT2D eigenvalue weighted by molar-refractivity contribution is 0.0969. The number of nitrogens with zero attached hydrogens (tertiary/aromatic N) is 1. The van der Waals surface area contributed by atoms with E-state index in [0.29, 0.717) is 30.1 Å². The second-order valence-electron chi connectivity index (χ2n) is 5.00. The van der Waals surface area contributed by atoms with Gasteiger partial charge in [0.2, 0.25) is 0 Å². The van der Waals surface area contributed by atoms with Gasteiger partial charge in [-0.15, -0.1) is 0 Å². The molecule has 2 fully saturated rings. The topological polar surface area (TPSA) is 41.3 Å². The summed E-state index contributed by atoms with van der Waals surface area (Å²) in [6.45, 7) is 5.73. The summed E-state index contributed by atoms with van der Waals surface area (Å²) in [5, 5.41) is 3.74. The van der Waals surface area contributed by atoms with E-state index in [4.69, 9.17) is 5.73 Å². The molecule has 2 saturated heterocycles. The Morgan fingerprint density at radius 2 is 2.21 bits per heavy atom. The van der Waals surface area contributed by atoms with Crippen LogP contribution < -0.4 is 11.1 Å². The predicted octanol–water partition coefficient (Wildman–Crippen LogP) is 0.609. The van der Waals surface area contributed by atoms with Crippen molar-refractivity contribution in [1.29, 1.82) is 0 Å². The van der Waals surface area contributed by atoms with E-state index in [1.807, 2.05) is 0 Å². The van der Waals surface area contributed by atoms with Crippen molar-refractivity contribution >= 4 is 0 Å². The normalized spacial score (nSPS) is 49.3. The van der Waals surface area contributed by atoms with Crippen molar-refractivity contribution in [2.75, 3.05) is 13.6 Å². The van der Waals surface area contributed by atoms with Gasteiger partial charge in [0.15, 0.2) is 0 Å². The van der Waals surface area contributed by atoms with Gasteiger partial charge in [-0.1, -0.05) is 13.8 Å². The Hall–Kier alpha value is -0.120.